The standard InChI is InChI=1S/C15H25NO2/c1-18-15(17)13-3-2-6-16(9-13)10-14-8-11-4-5-12(14)7-11/h11-14H,2-10H2,1H3. The number of hydrogen-bond acceptors (Lipinski definition) is 3. The van der Waals surface area contributed by atoms with Crippen molar-refractivity contribution in [2.45, 2.75) is 38.5 Å². The molecule has 2 aliphatic carbocycles. The van der Waals surface area contributed by atoms with Gasteiger partial charge in [0.2, 0.25) is 0 Å². The Hall–Kier alpha value is -0.570. The number of rotatable bonds is 3. The Balaban J connectivity index is 1.52. The van der Waals surface area contributed by atoms with Gasteiger partial charge < -0.3 is 9.64 Å². The van der Waals surface area contributed by atoms with Gasteiger partial charge in [-0.15, -0.1) is 0 Å². The third kappa shape index (κ3) is 2.42. The first-order chi connectivity index (χ1) is 8.76. The number of carbonyl (C=O) groups excluding carboxylic acids is 1. The third-order valence-electron chi connectivity index (χ3n) is 5.42. The molecule has 1 heterocycles. The monoisotopic (exact) mass is 251 g/mol. The maximum atomic E-state index is 11.6. The van der Waals surface area contributed by atoms with E-state index in [1.165, 1.54) is 45.9 Å². The van der Waals surface area contributed by atoms with Crippen LogP contribution in [0.15, 0.2) is 0 Å². The van der Waals surface area contributed by atoms with E-state index in [9.17, 15) is 4.79 Å². The van der Waals surface area contributed by atoms with E-state index in [0.717, 1.165) is 37.1 Å². The lowest BCUT2D eigenvalue weighted by molar-refractivity contribution is -0.147. The summed E-state index contributed by atoms with van der Waals surface area (Å²) >= 11 is 0. The Morgan fingerprint density at radius 1 is 1.28 bits per heavy atom. The molecule has 1 aliphatic heterocycles. The molecular formula is C15H25NO2. The van der Waals surface area contributed by atoms with Crippen LogP contribution in [-0.2, 0) is 9.53 Å². The normalized spacial score (nSPS) is 40.1. The number of esters is 1. The summed E-state index contributed by atoms with van der Waals surface area (Å²) in [4.78, 5) is 14.2. The quantitative estimate of drug-likeness (QED) is 0.721. The summed E-state index contributed by atoms with van der Waals surface area (Å²) in [5, 5.41) is 0. The Bertz CT molecular complexity index is 318. The van der Waals surface area contributed by atoms with Crippen molar-refractivity contribution in [2.24, 2.45) is 23.7 Å². The summed E-state index contributed by atoms with van der Waals surface area (Å²) in [6.45, 7) is 3.34. The molecule has 3 rings (SSSR count). The van der Waals surface area contributed by atoms with Gasteiger partial charge in [-0.1, -0.05) is 6.42 Å². The van der Waals surface area contributed by atoms with Crippen LogP contribution in [0.4, 0.5) is 0 Å². The number of hydrogen-bond donors (Lipinski definition) is 0. The highest BCUT2D eigenvalue weighted by Gasteiger charge is 2.40. The van der Waals surface area contributed by atoms with Crippen molar-refractivity contribution in [2.75, 3.05) is 26.7 Å². The first-order valence-corrected chi connectivity index (χ1v) is 7.56. The van der Waals surface area contributed by atoms with E-state index < -0.39 is 0 Å². The summed E-state index contributed by atoms with van der Waals surface area (Å²) in [6.07, 6.45) is 8.04. The first-order valence-electron chi connectivity index (χ1n) is 7.56. The lowest BCUT2D eigenvalue weighted by Gasteiger charge is -2.35. The molecule has 4 unspecified atom stereocenters. The van der Waals surface area contributed by atoms with Gasteiger partial charge in [0.1, 0.15) is 0 Å². The van der Waals surface area contributed by atoms with Crippen molar-refractivity contribution in [1.29, 1.82) is 0 Å². The number of nitrogens with zero attached hydrogens (tertiary/aromatic N) is 1. The van der Waals surface area contributed by atoms with E-state index in [4.69, 9.17) is 4.74 Å². The van der Waals surface area contributed by atoms with Crippen LogP contribution in [0.2, 0.25) is 0 Å². The smallest absolute Gasteiger partial charge is 0.309 e. The molecule has 0 amide bonds. The summed E-state index contributed by atoms with van der Waals surface area (Å²) in [6, 6.07) is 0. The van der Waals surface area contributed by atoms with E-state index in [0.29, 0.717) is 0 Å². The molecule has 3 heteroatoms. The van der Waals surface area contributed by atoms with Crippen molar-refractivity contribution >= 4 is 5.97 Å². The zero-order chi connectivity index (χ0) is 12.5. The molecule has 0 aromatic carbocycles. The minimum atomic E-state index is -0.00681. The predicted molar refractivity (Wildman–Crippen MR) is 70.1 cm³/mol. The first kappa shape index (κ1) is 12.5. The van der Waals surface area contributed by atoms with Crippen LogP contribution >= 0.6 is 0 Å². The lowest BCUT2D eigenvalue weighted by atomic mass is 9.87. The van der Waals surface area contributed by atoms with Crippen molar-refractivity contribution in [3.8, 4) is 0 Å². The van der Waals surface area contributed by atoms with Gasteiger partial charge in [0.25, 0.3) is 0 Å². The number of piperidine rings is 1. The van der Waals surface area contributed by atoms with Crippen LogP contribution in [0.3, 0.4) is 0 Å². The predicted octanol–water partition coefficient (Wildman–Crippen LogP) is 2.31. The van der Waals surface area contributed by atoms with Gasteiger partial charge in [-0.3, -0.25) is 4.79 Å². The zero-order valence-corrected chi connectivity index (χ0v) is 11.4. The topological polar surface area (TPSA) is 29.5 Å². The van der Waals surface area contributed by atoms with Gasteiger partial charge >= 0.3 is 5.97 Å². The Morgan fingerprint density at radius 3 is 2.83 bits per heavy atom. The highest BCUT2D eigenvalue weighted by Crippen LogP contribution is 2.48. The number of methoxy groups -OCH3 is 1. The molecule has 2 saturated carbocycles. The molecule has 4 atom stereocenters. The van der Waals surface area contributed by atoms with Gasteiger partial charge in [0.15, 0.2) is 0 Å². The fourth-order valence-electron chi connectivity index (χ4n) is 4.51. The van der Waals surface area contributed by atoms with Crippen LogP contribution in [0.25, 0.3) is 0 Å². The van der Waals surface area contributed by atoms with Crippen molar-refractivity contribution < 1.29 is 9.53 Å². The molecule has 0 radical (unpaired) electrons. The molecule has 102 valence electrons. The second kappa shape index (κ2) is 5.20. The molecule has 18 heavy (non-hydrogen) atoms. The molecule has 0 N–H and O–H groups in total. The van der Waals surface area contributed by atoms with Crippen molar-refractivity contribution in [1.82, 2.24) is 4.90 Å². The Kier molecular flexibility index (Phi) is 3.60. The van der Waals surface area contributed by atoms with Crippen LogP contribution in [0.1, 0.15) is 38.5 Å². The largest absolute Gasteiger partial charge is 0.469 e. The van der Waals surface area contributed by atoms with Gasteiger partial charge in [-0.2, -0.15) is 0 Å². The van der Waals surface area contributed by atoms with Gasteiger partial charge in [-0.25, -0.2) is 0 Å². The van der Waals surface area contributed by atoms with Crippen LogP contribution in [0, 0.1) is 23.7 Å². The van der Waals surface area contributed by atoms with Crippen LogP contribution in [0.5, 0.6) is 0 Å². The SMILES string of the molecule is COC(=O)C1CCCN(CC2CC3CCC2C3)C1. The molecular weight excluding hydrogens is 226 g/mol. The van der Waals surface area contributed by atoms with Crippen LogP contribution in [-0.4, -0.2) is 37.6 Å². The second-order valence-corrected chi connectivity index (χ2v) is 6.56. The highest BCUT2D eigenvalue weighted by atomic mass is 16.5. The average Bonchev–Trinajstić information content (AvgIpc) is 3.00. The van der Waals surface area contributed by atoms with Gasteiger partial charge in [-0.05, 0) is 56.4 Å². The Morgan fingerprint density at radius 2 is 2.17 bits per heavy atom. The van der Waals surface area contributed by atoms with Crippen molar-refractivity contribution in [3.63, 3.8) is 0 Å². The summed E-state index contributed by atoms with van der Waals surface area (Å²) in [5.74, 6) is 3.06. The van der Waals surface area contributed by atoms with Gasteiger partial charge in [0, 0.05) is 13.1 Å². The summed E-state index contributed by atoms with van der Waals surface area (Å²) < 4.78 is 4.89. The molecule has 3 fully saturated rings. The average molecular weight is 251 g/mol. The third-order valence-corrected chi connectivity index (χ3v) is 5.42. The maximum Gasteiger partial charge on any atom is 0.309 e. The molecule has 3 aliphatic rings. The number of fused-ring (bicyclic) bond motifs is 2. The molecule has 2 bridgehead atoms. The number of carbonyl (C=O) groups is 1. The van der Waals surface area contributed by atoms with E-state index in [1.54, 1.807) is 0 Å². The fraction of sp³-hybridized carbons (Fsp3) is 0.933. The Labute approximate surface area is 110 Å². The summed E-state index contributed by atoms with van der Waals surface area (Å²) in [7, 11) is 1.51. The molecule has 1 saturated heterocycles. The molecule has 0 spiro atoms. The van der Waals surface area contributed by atoms with E-state index in [2.05, 4.69) is 4.90 Å². The van der Waals surface area contributed by atoms with E-state index in [1.807, 2.05) is 0 Å². The van der Waals surface area contributed by atoms with Crippen LogP contribution < -0.4 is 0 Å². The molecule has 0 aromatic heterocycles. The molecule has 3 nitrogen and oxygen atoms in total. The number of likely N-dealkylation sites (tertiary alicyclic amines) is 1. The molecule has 0 aromatic rings. The lowest BCUT2D eigenvalue weighted by Crippen LogP contribution is -2.42. The summed E-state index contributed by atoms with van der Waals surface area (Å²) in [5.41, 5.74) is 0. The maximum absolute atomic E-state index is 11.6. The second-order valence-electron chi connectivity index (χ2n) is 6.56. The minimum Gasteiger partial charge on any atom is -0.469 e. The van der Waals surface area contributed by atoms with E-state index in [-0.39, 0.29) is 11.9 Å². The highest BCUT2D eigenvalue weighted by molar-refractivity contribution is 5.72. The number of ether oxygens (including phenoxy) is 1. The zero-order valence-electron chi connectivity index (χ0n) is 11.4. The minimum absolute atomic E-state index is 0.00681. The fourth-order valence-corrected chi connectivity index (χ4v) is 4.51. The van der Waals surface area contributed by atoms with Crippen molar-refractivity contribution in [3.05, 3.63) is 0 Å². The van der Waals surface area contributed by atoms with E-state index >= 15 is 0 Å². The van der Waals surface area contributed by atoms with Gasteiger partial charge in [0.05, 0.1) is 13.0 Å².